The molecule has 14 nitrogen and oxygen atoms in total. The van der Waals surface area contributed by atoms with Gasteiger partial charge in [0.15, 0.2) is 0 Å². The van der Waals surface area contributed by atoms with Crippen molar-refractivity contribution in [1.82, 2.24) is 19.7 Å². The Morgan fingerprint density at radius 1 is 0.658 bits per heavy atom. The maximum absolute atomic E-state index is 12.7. The highest BCUT2D eigenvalue weighted by atomic mass is 16.6. The lowest BCUT2D eigenvalue weighted by molar-refractivity contribution is -0.144. The van der Waals surface area contributed by atoms with E-state index in [4.69, 9.17) is 18.9 Å². The second-order valence-corrected chi connectivity index (χ2v) is 10.4. The molecule has 14 heteroatoms. The van der Waals surface area contributed by atoms with Crippen molar-refractivity contribution in [3.05, 3.63) is 43.2 Å². The van der Waals surface area contributed by atoms with Gasteiger partial charge in [-0.3, -0.25) is 19.2 Å². The largest absolute Gasteiger partial charge is 0.458 e. The Labute approximate surface area is 218 Å². The molecular weight excluding hydrogens is 504 g/mol. The van der Waals surface area contributed by atoms with E-state index in [0.29, 0.717) is 0 Å². The average molecular weight is 539 g/mol. The molecule has 0 spiro atoms. The normalized spacial score (nSPS) is 11.7. The van der Waals surface area contributed by atoms with Gasteiger partial charge in [-0.25, -0.2) is 14.1 Å². The highest BCUT2D eigenvalue weighted by Gasteiger charge is 2.25. The van der Waals surface area contributed by atoms with Gasteiger partial charge in [-0.1, -0.05) is 0 Å². The number of fused-ring (bicyclic) bond motifs is 1. The standard InChI is InChI=1S/C24H34N4O10/c1-13-15(11-35-17(29)9-25-21(33)37-23(3,4)5)27-16(14(2)20(32)28(27)19(13)31)12-36-18(30)10-26-22(34)38-24(6,7)8/h9-12H2,1-8H3,(H,25,33)(H,26,34). The van der Waals surface area contributed by atoms with E-state index in [1.165, 1.54) is 18.4 Å². The van der Waals surface area contributed by atoms with Gasteiger partial charge >= 0.3 is 24.1 Å². The fraction of sp³-hybridized carbons (Fsp3) is 0.583. The molecule has 2 N–H and O–H groups in total. The Bertz CT molecular complexity index is 1230. The molecule has 2 aromatic heterocycles. The Morgan fingerprint density at radius 2 is 1.00 bits per heavy atom. The van der Waals surface area contributed by atoms with E-state index < -0.39 is 72.7 Å². The minimum Gasteiger partial charge on any atom is -0.458 e. The van der Waals surface area contributed by atoms with Gasteiger partial charge < -0.3 is 29.6 Å². The zero-order chi connectivity index (χ0) is 29.0. The van der Waals surface area contributed by atoms with Gasteiger partial charge in [0.25, 0.3) is 11.1 Å². The first-order valence-corrected chi connectivity index (χ1v) is 11.7. The highest BCUT2D eigenvalue weighted by Crippen LogP contribution is 2.14. The summed E-state index contributed by atoms with van der Waals surface area (Å²) in [4.78, 5) is 73.2. The van der Waals surface area contributed by atoms with E-state index >= 15 is 0 Å². The van der Waals surface area contributed by atoms with Crippen LogP contribution in [0, 0.1) is 13.8 Å². The van der Waals surface area contributed by atoms with Crippen molar-refractivity contribution in [3.8, 4) is 0 Å². The molecule has 0 bridgehead atoms. The van der Waals surface area contributed by atoms with Crippen molar-refractivity contribution in [2.75, 3.05) is 13.1 Å². The number of nitrogens with zero attached hydrogens (tertiary/aromatic N) is 2. The molecule has 0 unspecified atom stereocenters. The van der Waals surface area contributed by atoms with Crippen molar-refractivity contribution < 1.29 is 38.1 Å². The monoisotopic (exact) mass is 538 g/mol. The minimum absolute atomic E-state index is 0.147. The van der Waals surface area contributed by atoms with Crippen LogP contribution >= 0.6 is 0 Å². The predicted molar refractivity (Wildman–Crippen MR) is 132 cm³/mol. The number of carbonyl (C=O) groups is 4. The number of alkyl carbamates (subject to hydrolysis) is 2. The van der Waals surface area contributed by atoms with Crippen LogP contribution in [-0.4, -0.2) is 57.4 Å². The third-order valence-corrected chi connectivity index (χ3v) is 4.90. The van der Waals surface area contributed by atoms with Crippen molar-refractivity contribution in [3.63, 3.8) is 0 Å². The van der Waals surface area contributed by atoms with E-state index in [-0.39, 0.29) is 22.5 Å². The Balaban J connectivity index is 2.12. The Kier molecular flexibility index (Phi) is 9.14. The SMILES string of the molecule is Cc1c(COC(=O)CNC(=O)OC(C)(C)C)n2c(COC(=O)CNC(=O)OC(C)(C)C)c(C)c(=O)n2c1=O. The van der Waals surface area contributed by atoms with Crippen LogP contribution in [0.25, 0.3) is 0 Å². The maximum Gasteiger partial charge on any atom is 0.408 e. The average Bonchev–Trinajstić information content (AvgIpc) is 3.16. The molecule has 0 radical (unpaired) electrons. The smallest absolute Gasteiger partial charge is 0.408 e. The fourth-order valence-corrected chi connectivity index (χ4v) is 3.22. The molecule has 0 aromatic carbocycles. The van der Waals surface area contributed by atoms with Crippen LogP contribution in [0.3, 0.4) is 0 Å². The molecule has 2 amide bonds. The van der Waals surface area contributed by atoms with Crippen LogP contribution in [0.1, 0.15) is 64.1 Å². The number of nitrogens with one attached hydrogen (secondary N) is 2. The lowest BCUT2D eigenvalue weighted by atomic mass is 10.2. The van der Waals surface area contributed by atoms with Crippen molar-refractivity contribution in [2.45, 2.75) is 79.8 Å². The van der Waals surface area contributed by atoms with Gasteiger partial charge in [-0.05, 0) is 55.4 Å². The number of esters is 2. The molecule has 38 heavy (non-hydrogen) atoms. The van der Waals surface area contributed by atoms with Crippen LogP contribution in [0.5, 0.6) is 0 Å². The van der Waals surface area contributed by atoms with Gasteiger partial charge in [0.1, 0.15) is 37.5 Å². The van der Waals surface area contributed by atoms with Crippen molar-refractivity contribution >= 4 is 24.1 Å². The summed E-state index contributed by atoms with van der Waals surface area (Å²) in [6.07, 6.45) is -1.61. The maximum atomic E-state index is 12.7. The molecule has 2 heterocycles. The fourth-order valence-electron chi connectivity index (χ4n) is 3.22. The first-order chi connectivity index (χ1) is 17.4. The summed E-state index contributed by atoms with van der Waals surface area (Å²) in [6, 6.07) is 0. The first-order valence-electron chi connectivity index (χ1n) is 11.7. The van der Waals surface area contributed by atoms with Gasteiger partial charge in [0.2, 0.25) is 0 Å². The van der Waals surface area contributed by atoms with E-state index in [1.807, 2.05) is 0 Å². The second-order valence-electron chi connectivity index (χ2n) is 10.4. The molecule has 0 aliphatic carbocycles. The summed E-state index contributed by atoms with van der Waals surface area (Å²) in [7, 11) is 0. The third-order valence-electron chi connectivity index (χ3n) is 4.90. The van der Waals surface area contributed by atoms with Gasteiger partial charge in [-0.2, -0.15) is 4.52 Å². The van der Waals surface area contributed by atoms with E-state index in [0.717, 1.165) is 4.52 Å². The molecule has 0 aliphatic rings. The molecule has 2 rings (SSSR count). The molecule has 210 valence electrons. The lowest BCUT2D eigenvalue weighted by Crippen LogP contribution is -2.36. The summed E-state index contributed by atoms with van der Waals surface area (Å²) in [6.45, 7) is 11.2. The van der Waals surface area contributed by atoms with Gasteiger partial charge in [0.05, 0.1) is 11.4 Å². The number of aromatic nitrogens is 2. The predicted octanol–water partition coefficient (Wildman–Crippen LogP) is 0.950. The molecule has 0 saturated carbocycles. The van der Waals surface area contributed by atoms with Crippen molar-refractivity contribution in [2.24, 2.45) is 0 Å². The number of ether oxygens (including phenoxy) is 4. The van der Waals surface area contributed by atoms with Crippen molar-refractivity contribution in [1.29, 1.82) is 0 Å². The third kappa shape index (κ3) is 7.95. The highest BCUT2D eigenvalue weighted by molar-refractivity contribution is 5.78. The molecule has 2 aromatic rings. The number of hydrogen-bond acceptors (Lipinski definition) is 10. The number of amides is 2. The second kappa shape index (κ2) is 11.5. The van der Waals surface area contributed by atoms with Crippen LogP contribution in [0.4, 0.5) is 9.59 Å². The van der Waals surface area contributed by atoms with Crippen LogP contribution in [0.2, 0.25) is 0 Å². The molecular formula is C24H34N4O10. The Hall–Kier alpha value is -4.10. The minimum atomic E-state index is -0.811. The summed E-state index contributed by atoms with van der Waals surface area (Å²) >= 11 is 0. The summed E-state index contributed by atoms with van der Waals surface area (Å²) in [5.74, 6) is -1.62. The molecule has 0 aliphatic heterocycles. The zero-order valence-corrected chi connectivity index (χ0v) is 22.8. The van der Waals surface area contributed by atoms with E-state index in [9.17, 15) is 28.8 Å². The van der Waals surface area contributed by atoms with Gasteiger partial charge in [0, 0.05) is 11.1 Å². The van der Waals surface area contributed by atoms with E-state index in [2.05, 4.69) is 10.6 Å². The number of hydrogen-bond donors (Lipinski definition) is 2. The lowest BCUT2D eigenvalue weighted by Gasteiger charge is -2.19. The molecule has 0 saturated heterocycles. The van der Waals surface area contributed by atoms with Gasteiger partial charge in [-0.15, -0.1) is 0 Å². The van der Waals surface area contributed by atoms with E-state index in [1.54, 1.807) is 41.5 Å². The summed E-state index contributed by atoms with van der Waals surface area (Å²) in [5.41, 5.74) is -2.08. The van der Waals surface area contributed by atoms with Crippen LogP contribution in [-0.2, 0) is 41.8 Å². The zero-order valence-electron chi connectivity index (χ0n) is 22.8. The van der Waals surface area contributed by atoms with Crippen LogP contribution < -0.4 is 21.8 Å². The molecule has 0 atom stereocenters. The Morgan fingerprint density at radius 3 is 1.32 bits per heavy atom. The summed E-state index contributed by atoms with van der Waals surface area (Å²) < 4.78 is 22.6. The quantitative estimate of drug-likeness (QED) is 0.364. The van der Waals surface area contributed by atoms with Crippen LogP contribution in [0.15, 0.2) is 9.59 Å². The number of carbonyl (C=O) groups excluding carboxylic acids is 4. The molecule has 0 fully saturated rings. The first kappa shape index (κ1) is 30.1. The summed E-state index contributed by atoms with van der Waals surface area (Å²) in [5, 5.41) is 4.53. The number of rotatable bonds is 8. The topological polar surface area (TPSA) is 172 Å².